The second kappa shape index (κ2) is 5.87. The highest BCUT2D eigenvalue weighted by Crippen LogP contribution is 2.27. The summed E-state index contributed by atoms with van der Waals surface area (Å²) in [4.78, 5) is 22.9. The van der Waals surface area contributed by atoms with Crippen molar-refractivity contribution in [3.8, 4) is 5.75 Å². The quantitative estimate of drug-likeness (QED) is 0.671. The van der Waals surface area contributed by atoms with Gasteiger partial charge in [-0.05, 0) is 37.5 Å². The molecule has 4 heteroatoms. The molecule has 1 aliphatic rings. The van der Waals surface area contributed by atoms with E-state index in [9.17, 15) is 9.59 Å². The van der Waals surface area contributed by atoms with Crippen molar-refractivity contribution in [3.05, 3.63) is 29.3 Å². The normalized spacial score (nSPS) is 16.1. The molecule has 0 bridgehead atoms. The van der Waals surface area contributed by atoms with Gasteiger partial charge >= 0.3 is 11.9 Å². The Hall–Kier alpha value is -1.84. The number of carboxylic acids is 1. The van der Waals surface area contributed by atoms with Gasteiger partial charge in [-0.25, -0.2) is 4.79 Å². The fraction of sp³-hybridized carbons (Fsp3) is 0.467. The van der Waals surface area contributed by atoms with Crippen molar-refractivity contribution in [2.45, 2.75) is 39.0 Å². The van der Waals surface area contributed by atoms with Crippen molar-refractivity contribution < 1.29 is 19.4 Å². The molecule has 0 spiro atoms. The SMILES string of the molecule is Cc1ccc(C(=O)O)cc1OC(=O)C1CCCCC1. The lowest BCUT2D eigenvalue weighted by Crippen LogP contribution is -2.23. The van der Waals surface area contributed by atoms with Crippen LogP contribution in [0.5, 0.6) is 5.75 Å². The first-order valence-corrected chi connectivity index (χ1v) is 6.63. The van der Waals surface area contributed by atoms with Crippen molar-refractivity contribution in [3.63, 3.8) is 0 Å². The lowest BCUT2D eigenvalue weighted by atomic mass is 9.89. The highest BCUT2D eigenvalue weighted by molar-refractivity contribution is 5.88. The van der Waals surface area contributed by atoms with E-state index in [1.54, 1.807) is 13.0 Å². The molecule has 1 fully saturated rings. The molecule has 1 aromatic rings. The Labute approximate surface area is 112 Å². The highest BCUT2D eigenvalue weighted by atomic mass is 16.5. The molecule has 102 valence electrons. The van der Waals surface area contributed by atoms with E-state index in [0.717, 1.165) is 31.2 Å². The third-order valence-corrected chi connectivity index (χ3v) is 3.58. The minimum atomic E-state index is -1.02. The van der Waals surface area contributed by atoms with Gasteiger partial charge in [0.25, 0.3) is 0 Å². The monoisotopic (exact) mass is 262 g/mol. The standard InChI is InChI=1S/C15H18O4/c1-10-7-8-12(14(16)17)9-13(10)19-15(18)11-5-3-2-4-6-11/h7-9,11H,2-6H2,1H3,(H,16,17). The second-order valence-corrected chi connectivity index (χ2v) is 5.04. The maximum atomic E-state index is 12.0. The zero-order chi connectivity index (χ0) is 13.8. The van der Waals surface area contributed by atoms with Crippen LogP contribution in [0, 0.1) is 12.8 Å². The average molecular weight is 262 g/mol. The first-order chi connectivity index (χ1) is 9.08. The summed E-state index contributed by atoms with van der Waals surface area (Å²) < 4.78 is 5.37. The minimum absolute atomic E-state index is 0.0402. The van der Waals surface area contributed by atoms with Crippen LogP contribution in [-0.2, 0) is 4.79 Å². The zero-order valence-corrected chi connectivity index (χ0v) is 11.0. The van der Waals surface area contributed by atoms with E-state index in [2.05, 4.69) is 0 Å². The Bertz CT molecular complexity index is 487. The Morgan fingerprint density at radius 1 is 1.21 bits per heavy atom. The van der Waals surface area contributed by atoms with Gasteiger partial charge in [-0.15, -0.1) is 0 Å². The molecule has 4 nitrogen and oxygen atoms in total. The van der Waals surface area contributed by atoms with Crippen LogP contribution in [0.25, 0.3) is 0 Å². The predicted molar refractivity (Wildman–Crippen MR) is 70.3 cm³/mol. The molecule has 0 saturated heterocycles. The van der Waals surface area contributed by atoms with E-state index < -0.39 is 5.97 Å². The van der Waals surface area contributed by atoms with Crippen LogP contribution < -0.4 is 4.74 Å². The van der Waals surface area contributed by atoms with Gasteiger partial charge in [0.2, 0.25) is 0 Å². The lowest BCUT2D eigenvalue weighted by molar-refractivity contribution is -0.140. The van der Waals surface area contributed by atoms with Gasteiger partial charge in [0.1, 0.15) is 5.75 Å². The minimum Gasteiger partial charge on any atom is -0.478 e. The van der Waals surface area contributed by atoms with Crippen LogP contribution >= 0.6 is 0 Å². The largest absolute Gasteiger partial charge is 0.478 e. The van der Waals surface area contributed by atoms with Gasteiger partial charge in [-0.1, -0.05) is 25.3 Å². The zero-order valence-electron chi connectivity index (χ0n) is 11.0. The van der Waals surface area contributed by atoms with Crippen LogP contribution in [0.1, 0.15) is 48.0 Å². The van der Waals surface area contributed by atoms with Crippen LogP contribution in [0.15, 0.2) is 18.2 Å². The fourth-order valence-corrected chi connectivity index (χ4v) is 2.37. The summed E-state index contributed by atoms with van der Waals surface area (Å²) in [5, 5.41) is 8.94. The van der Waals surface area contributed by atoms with Gasteiger partial charge in [-0.3, -0.25) is 4.79 Å². The number of carbonyl (C=O) groups excluding carboxylic acids is 1. The molecule has 1 saturated carbocycles. The Morgan fingerprint density at radius 2 is 1.89 bits per heavy atom. The van der Waals surface area contributed by atoms with Crippen LogP contribution in [0.2, 0.25) is 0 Å². The average Bonchev–Trinajstić information content (AvgIpc) is 2.42. The molecule has 19 heavy (non-hydrogen) atoms. The molecule has 0 amide bonds. The van der Waals surface area contributed by atoms with Gasteiger partial charge < -0.3 is 9.84 Å². The number of hydrogen-bond acceptors (Lipinski definition) is 3. The van der Waals surface area contributed by atoms with Crippen molar-refractivity contribution in [2.24, 2.45) is 5.92 Å². The third-order valence-electron chi connectivity index (χ3n) is 3.58. The molecule has 1 aromatic carbocycles. The third kappa shape index (κ3) is 3.34. The summed E-state index contributed by atoms with van der Waals surface area (Å²) in [5.74, 6) is -0.933. The summed E-state index contributed by atoms with van der Waals surface area (Å²) in [7, 11) is 0. The van der Waals surface area contributed by atoms with E-state index in [1.165, 1.54) is 18.6 Å². The number of carbonyl (C=O) groups is 2. The van der Waals surface area contributed by atoms with Crippen molar-refractivity contribution in [1.82, 2.24) is 0 Å². The number of aromatic carboxylic acids is 1. The smallest absolute Gasteiger partial charge is 0.335 e. The number of benzene rings is 1. The molecule has 0 unspecified atom stereocenters. The fourth-order valence-electron chi connectivity index (χ4n) is 2.37. The van der Waals surface area contributed by atoms with Gasteiger partial charge in [0.15, 0.2) is 0 Å². The Kier molecular flexibility index (Phi) is 4.20. The first-order valence-electron chi connectivity index (χ1n) is 6.63. The molecule has 0 atom stereocenters. The Balaban J connectivity index is 2.11. The number of carboxylic acid groups (broad SMARTS) is 1. The Morgan fingerprint density at radius 3 is 2.53 bits per heavy atom. The summed E-state index contributed by atoms with van der Waals surface area (Å²) in [6.07, 6.45) is 5.05. The number of ether oxygens (including phenoxy) is 1. The summed E-state index contributed by atoms with van der Waals surface area (Å²) in [6.45, 7) is 1.80. The lowest BCUT2D eigenvalue weighted by Gasteiger charge is -2.20. The number of aryl methyl sites for hydroxylation is 1. The van der Waals surface area contributed by atoms with Crippen molar-refractivity contribution in [2.75, 3.05) is 0 Å². The van der Waals surface area contributed by atoms with Crippen molar-refractivity contribution >= 4 is 11.9 Å². The molecule has 0 aliphatic heterocycles. The number of rotatable bonds is 3. The molecule has 1 aliphatic carbocycles. The summed E-state index contributed by atoms with van der Waals surface area (Å²) >= 11 is 0. The van der Waals surface area contributed by atoms with E-state index in [1.807, 2.05) is 0 Å². The first kappa shape index (κ1) is 13.6. The predicted octanol–water partition coefficient (Wildman–Crippen LogP) is 3.18. The van der Waals surface area contributed by atoms with E-state index >= 15 is 0 Å². The molecule has 2 rings (SSSR count). The number of hydrogen-bond donors (Lipinski definition) is 1. The molecular weight excluding hydrogens is 244 g/mol. The van der Waals surface area contributed by atoms with E-state index in [4.69, 9.17) is 9.84 Å². The molecular formula is C15H18O4. The highest BCUT2D eigenvalue weighted by Gasteiger charge is 2.23. The molecule has 0 radical (unpaired) electrons. The van der Waals surface area contributed by atoms with Crippen LogP contribution in [0.4, 0.5) is 0 Å². The van der Waals surface area contributed by atoms with Gasteiger partial charge in [0.05, 0.1) is 11.5 Å². The second-order valence-electron chi connectivity index (χ2n) is 5.04. The summed E-state index contributed by atoms with van der Waals surface area (Å²) in [6, 6.07) is 4.58. The maximum Gasteiger partial charge on any atom is 0.335 e. The summed E-state index contributed by atoms with van der Waals surface area (Å²) in [5.41, 5.74) is 0.909. The molecule has 0 heterocycles. The van der Waals surface area contributed by atoms with E-state index in [0.29, 0.717) is 5.75 Å². The van der Waals surface area contributed by atoms with Crippen molar-refractivity contribution in [1.29, 1.82) is 0 Å². The van der Waals surface area contributed by atoms with Gasteiger partial charge in [0, 0.05) is 0 Å². The topological polar surface area (TPSA) is 63.6 Å². The maximum absolute atomic E-state index is 12.0. The van der Waals surface area contributed by atoms with Crippen LogP contribution in [-0.4, -0.2) is 17.0 Å². The van der Waals surface area contributed by atoms with Gasteiger partial charge in [-0.2, -0.15) is 0 Å². The molecule has 1 N–H and O–H groups in total. The van der Waals surface area contributed by atoms with Crippen LogP contribution in [0.3, 0.4) is 0 Å². The molecule has 0 aromatic heterocycles. The number of esters is 1. The van der Waals surface area contributed by atoms with E-state index in [-0.39, 0.29) is 17.5 Å².